The minimum Gasteiger partial charge on any atom is -0.389 e. The van der Waals surface area contributed by atoms with Gasteiger partial charge in [0.05, 0.1) is 21.6 Å². The van der Waals surface area contributed by atoms with Crippen molar-refractivity contribution in [2.24, 2.45) is 11.8 Å². The van der Waals surface area contributed by atoms with Crippen molar-refractivity contribution in [1.82, 2.24) is 0 Å². The summed E-state index contributed by atoms with van der Waals surface area (Å²) >= 11 is 12.5. The van der Waals surface area contributed by atoms with Crippen LogP contribution in [0.25, 0.3) is 0 Å². The van der Waals surface area contributed by atoms with Crippen molar-refractivity contribution in [3.8, 4) is 0 Å². The third kappa shape index (κ3) is 6.03. The second-order valence-corrected chi connectivity index (χ2v) is 11.6. The fourth-order valence-corrected chi connectivity index (χ4v) is 5.85. The lowest BCUT2D eigenvalue weighted by Gasteiger charge is -2.44. The van der Waals surface area contributed by atoms with E-state index in [2.05, 4.69) is 10.6 Å². The number of aryl methyl sites for hydroxylation is 4. The molecule has 1 aliphatic carbocycles. The number of carbonyl (C=O) groups excluding carboxylic acids is 3. The summed E-state index contributed by atoms with van der Waals surface area (Å²) in [5, 5.41) is 17.8. The average molecular weight is 568 g/mol. The lowest BCUT2D eigenvalue weighted by molar-refractivity contribution is -0.150. The van der Waals surface area contributed by atoms with Crippen molar-refractivity contribution in [2.75, 3.05) is 10.6 Å². The highest BCUT2D eigenvalue weighted by molar-refractivity contribution is 6.42. The average Bonchev–Trinajstić information content (AvgIpc) is 2.83. The predicted octanol–water partition coefficient (Wildman–Crippen LogP) is 6.54. The van der Waals surface area contributed by atoms with E-state index in [1.807, 2.05) is 52.0 Å². The lowest BCUT2D eigenvalue weighted by atomic mass is 9.61. The van der Waals surface area contributed by atoms with Crippen LogP contribution in [0.15, 0.2) is 54.6 Å². The third-order valence-corrected chi connectivity index (χ3v) is 8.18. The highest BCUT2D eigenvalue weighted by atomic mass is 35.5. The summed E-state index contributed by atoms with van der Waals surface area (Å²) in [6.45, 7) is 9.11. The summed E-state index contributed by atoms with van der Waals surface area (Å²) in [5.74, 6) is -4.93. The van der Waals surface area contributed by atoms with Gasteiger partial charge in [-0.1, -0.05) is 64.7 Å². The van der Waals surface area contributed by atoms with E-state index in [-0.39, 0.29) is 11.4 Å². The van der Waals surface area contributed by atoms with Gasteiger partial charge in [-0.2, -0.15) is 0 Å². The van der Waals surface area contributed by atoms with Crippen LogP contribution in [0, 0.1) is 39.5 Å². The number of halogens is 2. The summed E-state index contributed by atoms with van der Waals surface area (Å²) in [6.07, 6.45) is -0.360. The summed E-state index contributed by atoms with van der Waals surface area (Å²) < 4.78 is 0. The third-order valence-electron chi connectivity index (χ3n) is 7.44. The van der Waals surface area contributed by atoms with Crippen LogP contribution in [0.5, 0.6) is 0 Å². The Bertz CT molecular complexity index is 1470. The molecule has 4 atom stereocenters. The number of rotatable bonds is 5. The molecule has 3 aromatic rings. The van der Waals surface area contributed by atoms with Gasteiger partial charge >= 0.3 is 0 Å². The molecule has 0 aromatic heterocycles. The number of ketones is 1. The van der Waals surface area contributed by atoms with Crippen molar-refractivity contribution < 1.29 is 19.5 Å². The molecule has 3 aromatic carbocycles. The van der Waals surface area contributed by atoms with Gasteiger partial charge < -0.3 is 15.7 Å². The zero-order valence-electron chi connectivity index (χ0n) is 22.6. The highest BCUT2D eigenvalue weighted by Crippen LogP contribution is 2.47. The topological polar surface area (TPSA) is 95.5 Å². The Morgan fingerprint density at radius 1 is 0.821 bits per heavy atom. The Hall–Kier alpha value is -3.19. The smallest absolute Gasteiger partial charge is 0.235 e. The van der Waals surface area contributed by atoms with E-state index in [0.29, 0.717) is 22.0 Å². The second-order valence-electron chi connectivity index (χ2n) is 10.8. The van der Waals surface area contributed by atoms with Crippen LogP contribution < -0.4 is 10.6 Å². The number of hydrogen-bond donors (Lipinski definition) is 3. The SMILES string of the molecule is Cc1ccc(NC(=O)C2C(=O)CC(C)(O)C(C(=O)Nc3ccc(C)cc3C)C2c2ccc(Cl)c(Cl)c2)c(C)c1. The maximum absolute atomic E-state index is 13.9. The quantitative estimate of drug-likeness (QED) is 0.305. The van der Waals surface area contributed by atoms with Crippen molar-refractivity contribution in [3.63, 3.8) is 0 Å². The zero-order valence-corrected chi connectivity index (χ0v) is 24.1. The Morgan fingerprint density at radius 3 is 1.87 bits per heavy atom. The molecule has 0 aliphatic heterocycles. The first-order valence-corrected chi connectivity index (χ1v) is 13.5. The molecular formula is C31H32Cl2N2O4. The van der Waals surface area contributed by atoms with Crippen LogP contribution in [-0.4, -0.2) is 28.3 Å². The molecule has 1 aliphatic rings. The van der Waals surface area contributed by atoms with E-state index < -0.39 is 41.0 Å². The lowest BCUT2D eigenvalue weighted by Crippen LogP contribution is -2.56. The predicted molar refractivity (Wildman–Crippen MR) is 156 cm³/mol. The van der Waals surface area contributed by atoms with Gasteiger partial charge in [-0.15, -0.1) is 0 Å². The van der Waals surface area contributed by atoms with Crippen molar-refractivity contribution in [1.29, 1.82) is 0 Å². The van der Waals surface area contributed by atoms with E-state index in [1.54, 1.807) is 30.3 Å². The molecule has 0 saturated heterocycles. The minimum absolute atomic E-state index is 0.217. The highest BCUT2D eigenvalue weighted by Gasteiger charge is 2.56. The summed E-state index contributed by atoms with van der Waals surface area (Å²) in [5.41, 5.74) is 3.65. The maximum atomic E-state index is 13.9. The summed E-state index contributed by atoms with van der Waals surface area (Å²) in [7, 11) is 0. The molecule has 39 heavy (non-hydrogen) atoms. The van der Waals surface area contributed by atoms with Crippen LogP contribution in [0.1, 0.15) is 47.1 Å². The molecule has 3 N–H and O–H groups in total. The number of aliphatic hydroxyl groups is 1. The molecule has 0 heterocycles. The van der Waals surface area contributed by atoms with Crippen LogP contribution in [0.2, 0.25) is 10.0 Å². The number of amides is 2. The Kier molecular flexibility index (Phi) is 8.22. The number of anilines is 2. The van der Waals surface area contributed by atoms with Gasteiger partial charge in [0.15, 0.2) is 0 Å². The van der Waals surface area contributed by atoms with Crippen LogP contribution in [-0.2, 0) is 14.4 Å². The fraction of sp³-hybridized carbons (Fsp3) is 0.323. The van der Waals surface area contributed by atoms with Gasteiger partial charge in [0.2, 0.25) is 11.8 Å². The van der Waals surface area contributed by atoms with Gasteiger partial charge in [-0.05, 0) is 75.6 Å². The molecular weight excluding hydrogens is 535 g/mol. The molecule has 4 unspecified atom stereocenters. The van der Waals surface area contributed by atoms with E-state index in [4.69, 9.17) is 23.2 Å². The monoisotopic (exact) mass is 566 g/mol. The van der Waals surface area contributed by atoms with Crippen LogP contribution >= 0.6 is 23.2 Å². The first-order valence-electron chi connectivity index (χ1n) is 12.7. The summed E-state index contributed by atoms with van der Waals surface area (Å²) in [6, 6.07) is 15.9. The van der Waals surface area contributed by atoms with Crippen molar-refractivity contribution >= 4 is 52.2 Å². The molecule has 0 spiro atoms. The first-order chi connectivity index (χ1) is 18.3. The largest absolute Gasteiger partial charge is 0.389 e. The van der Waals surface area contributed by atoms with E-state index in [0.717, 1.165) is 22.3 Å². The van der Waals surface area contributed by atoms with Crippen LogP contribution in [0.3, 0.4) is 0 Å². The van der Waals surface area contributed by atoms with Gasteiger partial charge in [0.25, 0.3) is 0 Å². The fourth-order valence-electron chi connectivity index (χ4n) is 5.54. The Morgan fingerprint density at radius 2 is 1.36 bits per heavy atom. The summed E-state index contributed by atoms with van der Waals surface area (Å²) in [4.78, 5) is 41.2. The molecule has 4 rings (SSSR count). The van der Waals surface area contributed by atoms with Crippen LogP contribution in [0.4, 0.5) is 11.4 Å². The van der Waals surface area contributed by atoms with E-state index >= 15 is 0 Å². The number of benzene rings is 3. The number of hydrogen-bond acceptors (Lipinski definition) is 4. The van der Waals surface area contributed by atoms with Crippen molar-refractivity contribution in [2.45, 2.75) is 52.6 Å². The van der Waals surface area contributed by atoms with E-state index in [9.17, 15) is 19.5 Å². The first kappa shape index (κ1) is 28.8. The van der Waals surface area contributed by atoms with Gasteiger partial charge in [-0.25, -0.2) is 0 Å². The molecule has 8 heteroatoms. The minimum atomic E-state index is -1.73. The molecule has 0 radical (unpaired) electrons. The maximum Gasteiger partial charge on any atom is 0.235 e. The van der Waals surface area contributed by atoms with Gasteiger partial charge in [0.1, 0.15) is 11.7 Å². The standard InChI is InChI=1S/C31H32Cl2N2O4/c1-16-6-10-23(18(3)12-16)34-29(37)27-25(36)15-31(5,39)28(26(27)20-8-9-21(32)22(33)14-20)30(38)35-24-11-7-17(2)13-19(24)4/h6-14,26-28,39H,15H2,1-5H3,(H,34,37)(H,35,38). The zero-order chi connectivity index (χ0) is 28.6. The van der Waals surface area contributed by atoms with Gasteiger partial charge in [0, 0.05) is 23.7 Å². The van der Waals surface area contributed by atoms with E-state index in [1.165, 1.54) is 6.92 Å². The number of nitrogens with one attached hydrogen (secondary N) is 2. The normalized spacial score (nSPS) is 22.9. The molecule has 0 bridgehead atoms. The molecule has 1 saturated carbocycles. The Labute approximate surface area is 238 Å². The Balaban J connectivity index is 1.80. The molecule has 2 amide bonds. The number of Topliss-reactive ketones (excluding diaryl/α,β-unsaturated/α-hetero) is 1. The molecule has 6 nitrogen and oxygen atoms in total. The van der Waals surface area contributed by atoms with Crippen molar-refractivity contribution in [3.05, 3.63) is 92.5 Å². The number of carbonyl (C=O) groups is 3. The van der Waals surface area contributed by atoms with Gasteiger partial charge in [-0.3, -0.25) is 14.4 Å². The molecule has 1 fully saturated rings. The second kappa shape index (κ2) is 11.1. The molecule has 204 valence electrons.